The van der Waals surface area contributed by atoms with Gasteiger partial charge in [0.25, 0.3) is 0 Å². The highest BCUT2D eigenvalue weighted by molar-refractivity contribution is 6.34. The van der Waals surface area contributed by atoms with Gasteiger partial charge in [0.05, 0.1) is 24.3 Å². The summed E-state index contributed by atoms with van der Waals surface area (Å²) in [7, 11) is 0. The molecule has 0 bridgehead atoms. The monoisotopic (exact) mass is 544 g/mol. The number of fused-ring (bicyclic) bond motifs is 2. The summed E-state index contributed by atoms with van der Waals surface area (Å²) in [5.41, 5.74) is 11.4. The average molecular weight is 545 g/mol. The Kier molecular flexibility index (Phi) is 6.30. The lowest BCUT2D eigenvalue weighted by Gasteiger charge is -2.18. The highest BCUT2D eigenvalue weighted by atomic mass is 16.5. The first-order valence-electron chi connectivity index (χ1n) is 12.2. The molecule has 5 rings (SSSR count). The van der Waals surface area contributed by atoms with Crippen LogP contribution in [0.5, 0.6) is 11.5 Å². The van der Waals surface area contributed by atoms with Crippen molar-refractivity contribution in [3.05, 3.63) is 82.2 Å². The number of benzene rings is 2. The third-order valence-corrected chi connectivity index (χ3v) is 6.47. The molecule has 2 heterocycles. The van der Waals surface area contributed by atoms with Gasteiger partial charge >= 0.3 is 11.9 Å². The Morgan fingerprint density at radius 2 is 1.00 bits per heavy atom. The Bertz CT molecular complexity index is 1580. The summed E-state index contributed by atoms with van der Waals surface area (Å²) in [5.74, 6) is -4.12. The number of esters is 2. The van der Waals surface area contributed by atoms with Crippen LogP contribution in [0.2, 0.25) is 0 Å². The third-order valence-electron chi connectivity index (χ3n) is 6.47. The molecule has 0 aliphatic heterocycles. The minimum absolute atomic E-state index is 0.0331. The summed E-state index contributed by atoms with van der Waals surface area (Å²) in [6.45, 7) is 3.08. The predicted octanol–water partition coefficient (Wildman–Crippen LogP) is 2.97. The molecule has 0 spiro atoms. The normalized spacial score (nSPS) is 12.2. The number of carbonyl (C=O) groups excluding carboxylic acids is 4. The number of phenols is 2. The number of phenolic OH excluding ortho intramolecular Hbond substituents is 2. The number of nitrogens with zero attached hydrogens (tertiary/aromatic N) is 2. The van der Waals surface area contributed by atoms with E-state index < -0.39 is 23.5 Å². The van der Waals surface area contributed by atoms with Crippen LogP contribution in [0.25, 0.3) is 11.4 Å². The van der Waals surface area contributed by atoms with E-state index in [0.717, 1.165) is 0 Å². The first kappa shape index (κ1) is 26.1. The lowest BCUT2D eigenvalue weighted by atomic mass is 9.88. The molecule has 0 saturated carbocycles. The number of anilines is 2. The number of ether oxygens (including phenoxy) is 2. The van der Waals surface area contributed by atoms with Gasteiger partial charge in [0.2, 0.25) is 11.6 Å². The number of hydrogen-bond acceptors (Lipinski definition) is 10. The molecule has 0 radical (unpaired) electrons. The highest BCUT2D eigenvalue weighted by Gasteiger charge is 2.46. The van der Waals surface area contributed by atoms with Gasteiger partial charge in [0.15, 0.2) is 0 Å². The van der Waals surface area contributed by atoms with E-state index in [1.165, 1.54) is 57.7 Å². The number of nitrogens with two attached hydrogens (primary N) is 2. The molecule has 0 unspecified atom stereocenters. The Labute approximate surface area is 226 Å². The van der Waals surface area contributed by atoms with Crippen LogP contribution in [0.4, 0.5) is 11.6 Å². The zero-order chi connectivity index (χ0) is 28.9. The molecule has 0 saturated heterocycles. The maximum absolute atomic E-state index is 14.3. The first-order chi connectivity index (χ1) is 19.1. The molecule has 6 N–H and O–H groups in total. The second-order valence-corrected chi connectivity index (χ2v) is 8.77. The van der Waals surface area contributed by atoms with Crippen LogP contribution in [0.1, 0.15) is 66.7 Å². The molecule has 2 aromatic carbocycles. The van der Waals surface area contributed by atoms with E-state index in [4.69, 9.17) is 20.9 Å². The molecule has 4 aromatic rings. The molecule has 2 aromatic heterocycles. The highest BCUT2D eigenvalue weighted by Crippen LogP contribution is 2.42. The molecule has 40 heavy (non-hydrogen) atoms. The van der Waals surface area contributed by atoms with Crippen LogP contribution < -0.4 is 11.5 Å². The number of hydrogen-bond donors (Lipinski definition) is 4. The second-order valence-electron chi connectivity index (χ2n) is 8.77. The summed E-state index contributed by atoms with van der Waals surface area (Å²) in [4.78, 5) is 54.8. The van der Waals surface area contributed by atoms with Gasteiger partial charge in [-0.15, -0.1) is 0 Å². The van der Waals surface area contributed by atoms with E-state index in [1.54, 1.807) is 13.8 Å². The molecular weight excluding hydrogens is 520 g/mol. The van der Waals surface area contributed by atoms with Crippen molar-refractivity contribution in [2.75, 3.05) is 24.7 Å². The molecule has 12 heteroatoms. The number of carbonyl (C=O) groups is 4. The van der Waals surface area contributed by atoms with Crippen LogP contribution in [0.3, 0.4) is 0 Å². The Morgan fingerprint density at radius 3 is 1.30 bits per heavy atom. The van der Waals surface area contributed by atoms with E-state index in [2.05, 4.69) is 0 Å². The Morgan fingerprint density at radius 1 is 0.675 bits per heavy atom. The minimum Gasteiger partial charge on any atom is -0.508 e. The SMILES string of the molecule is CCOC(=O)c1c2c(n(-c3ccc(O)cc3)c1N)C(=O)c1c(C(=O)OCC)c(N)n(-c3ccc(O)cc3)c1C2=O. The maximum Gasteiger partial charge on any atom is 0.342 e. The van der Waals surface area contributed by atoms with E-state index in [-0.39, 0.29) is 81.4 Å². The van der Waals surface area contributed by atoms with Crippen LogP contribution in [0.15, 0.2) is 48.5 Å². The smallest absolute Gasteiger partial charge is 0.342 e. The lowest BCUT2D eigenvalue weighted by Crippen LogP contribution is -2.26. The van der Waals surface area contributed by atoms with Crippen molar-refractivity contribution in [2.24, 2.45) is 0 Å². The molecule has 1 aliphatic carbocycles. The maximum atomic E-state index is 14.3. The summed E-state index contributed by atoms with van der Waals surface area (Å²) >= 11 is 0. The van der Waals surface area contributed by atoms with Crippen LogP contribution in [0, 0.1) is 0 Å². The minimum atomic E-state index is -0.931. The number of nitrogen functional groups attached to an aromatic ring is 2. The Balaban J connectivity index is 1.89. The summed E-state index contributed by atoms with van der Waals surface area (Å²) < 4.78 is 12.7. The van der Waals surface area contributed by atoms with Crippen molar-refractivity contribution in [1.29, 1.82) is 0 Å². The van der Waals surface area contributed by atoms with Crippen LogP contribution >= 0.6 is 0 Å². The number of rotatable bonds is 6. The summed E-state index contributed by atoms with van der Waals surface area (Å²) in [6, 6.07) is 11.1. The van der Waals surface area contributed by atoms with Gasteiger partial charge < -0.3 is 31.2 Å². The van der Waals surface area contributed by atoms with Crippen molar-refractivity contribution in [3.63, 3.8) is 0 Å². The largest absolute Gasteiger partial charge is 0.508 e. The van der Waals surface area contributed by atoms with Crippen molar-refractivity contribution in [3.8, 4) is 22.9 Å². The van der Waals surface area contributed by atoms with E-state index in [0.29, 0.717) is 0 Å². The van der Waals surface area contributed by atoms with Crippen LogP contribution in [-0.2, 0) is 9.47 Å². The number of aromatic nitrogens is 2. The fraction of sp³-hybridized carbons (Fsp3) is 0.143. The van der Waals surface area contributed by atoms with E-state index >= 15 is 0 Å². The second kappa shape index (κ2) is 9.66. The molecule has 0 atom stereocenters. The number of ketones is 2. The molecular formula is C28H24N4O8. The van der Waals surface area contributed by atoms with Crippen molar-refractivity contribution in [1.82, 2.24) is 9.13 Å². The average Bonchev–Trinajstić information content (AvgIpc) is 3.41. The Hall–Kier alpha value is -5.52. The molecule has 0 fully saturated rings. The third kappa shape index (κ3) is 3.76. The quantitative estimate of drug-likeness (QED) is 0.231. The standard InChI is InChI=1S/C28H24N4O8/c1-3-39-27(37)19-17-21(31(25(19)29)13-5-9-15(33)10-6-13)24(36)18-20(28(38)40-4-2)26(30)32(22(18)23(17)35)14-7-11-16(34)12-8-14/h5-12,33-34H,3-4,29-30H2,1-2H3. The van der Waals surface area contributed by atoms with E-state index in [9.17, 15) is 29.4 Å². The summed E-state index contributed by atoms with van der Waals surface area (Å²) in [5, 5.41) is 19.6. The predicted molar refractivity (Wildman–Crippen MR) is 142 cm³/mol. The topological polar surface area (TPSA) is 189 Å². The molecule has 12 nitrogen and oxygen atoms in total. The zero-order valence-electron chi connectivity index (χ0n) is 21.4. The van der Waals surface area contributed by atoms with Gasteiger partial charge in [-0.05, 0) is 62.4 Å². The van der Waals surface area contributed by atoms with Gasteiger partial charge in [-0.2, -0.15) is 0 Å². The van der Waals surface area contributed by atoms with Gasteiger partial charge in [0.1, 0.15) is 45.6 Å². The van der Waals surface area contributed by atoms with Crippen molar-refractivity contribution >= 4 is 35.1 Å². The summed E-state index contributed by atoms with van der Waals surface area (Å²) in [6.07, 6.45) is 0. The van der Waals surface area contributed by atoms with Crippen molar-refractivity contribution < 1.29 is 38.9 Å². The van der Waals surface area contributed by atoms with Gasteiger partial charge in [0, 0.05) is 11.4 Å². The van der Waals surface area contributed by atoms with Crippen molar-refractivity contribution in [2.45, 2.75) is 13.8 Å². The molecule has 0 amide bonds. The van der Waals surface area contributed by atoms with E-state index in [1.807, 2.05) is 0 Å². The fourth-order valence-corrected chi connectivity index (χ4v) is 4.85. The number of aromatic hydroxyl groups is 2. The fourth-order valence-electron chi connectivity index (χ4n) is 4.85. The lowest BCUT2D eigenvalue weighted by molar-refractivity contribution is 0.0515. The van der Waals surface area contributed by atoms with Crippen LogP contribution in [-0.4, -0.2) is 56.1 Å². The first-order valence-corrected chi connectivity index (χ1v) is 12.2. The molecule has 1 aliphatic rings. The van der Waals surface area contributed by atoms with Gasteiger partial charge in [-0.1, -0.05) is 0 Å². The van der Waals surface area contributed by atoms with Gasteiger partial charge in [-0.3, -0.25) is 18.7 Å². The van der Waals surface area contributed by atoms with Gasteiger partial charge in [-0.25, -0.2) is 9.59 Å². The molecule has 204 valence electrons. The zero-order valence-corrected chi connectivity index (χ0v) is 21.4.